The normalized spacial score (nSPS) is 10.7. The summed E-state index contributed by atoms with van der Waals surface area (Å²) >= 11 is 3.79. The Morgan fingerprint density at radius 2 is 1.44 bits per heavy atom. The first-order valence-corrected chi connectivity index (χ1v) is 5.27. The molecule has 0 aliphatic heterocycles. The average molecular weight is 165 g/mol. The lowest BCUT2D eigenvalue weighted by Crippen LogP contribution is -2.05. The van der Waals surface area contributed by atoms with E-state index >= 15 is 0 Å². The zero-order valence-electron chi connectivity index (χ0n) is 6.39. The third-order valence-corrected chi connectivity index (χ3v) is 3.05. The lowest BCUT2D eigenvalue weighted by atomic mass is 10.8. The van der Waals surface area contributed by atoms with E-state index in [2.05, 4.69) is 24.5 Å². The van der Waals surface area contributed by atoms with Gasteiger partial charge in [0.15, 0.2) is 0 Å². The Bertz CT molecular complexity index is 53.0. The summed E-state index contributed by atoms with van der Waals surface area (Å²) in [7, 11) is 0. The Balaban J connectivity index is 3.18. The molecule has 0 radical (unpaired) electrons. The smallest absolute Gasteiger partial charge is 0.0174 e. The molecule has 0 atom stereocenters. The average Bonchev–Trinajstić information content (AvgIpc) is 1.88. The van der Waals surface area contributed by atoms with Gasteiger partial charge in [-0.05, 0) is 0 Å². The fraction of sp³-hybridized carbons (Fsp3) is 1.00. The number of nitrogens with zero attached hydrogens (tertiary/aromatic N) is 1. The Kier molecular flexibility index (Phi) is 7.27. The third-order valence-electron chi connectivity index (χ3n) is 0.804. The van der Waals surface area contributed by atoms with Crippen molar-refractivity contribution in [2.75, 3.05) is 18.1 Å². The predicted molar refractivity (Wildman–Crippen MR) is 48.6 cm³/mol. The summed E-state index contributed by atoms with van der Waals surface area (Å²) in [6.07, 6.45) is 0. The topological polar surface area (TPSA) is 3.24 Å². The van der Waals surface area contributed by atoms with E-state index in [1.165, 1.54) is 11.5 Å². The Morgan fingerprint density at radius 1 is 1.00 bits per heavy atom. The molecule has 0 unspecified atom stereocenters. The second kappa shape index (κ2) is 6.78. The minimum atomic E-state index is 1.14. The summed E-state index contributed by atoms with van der Waals surface area (Å²) in [5.41, 5.74) is 0. The molecule has 0 amide bonds. The van der Waals surface area contributed by atoms with E-state index in [0.717, 1.165) is 6.54 Å². The number of rotatable bonds is 5. The van der Waals surface area contributed by atoms with Crippen LogP contribution in [-0.2, 0) is 0 Å². The van der Waals surface area contributed by atoms with Gasteiger partial charge in [0.1, 0.15) is 0 Å². The molecule has 0 saturated carbocycles. The molecule has 0 bridgehead atoms. The molecule has 3 heteroatoms. The highest BCUT2D eigenvalue weighted by atomic mass is 32.2. The second-order valence-electron chi connectivity index (χ2n) is 1.48. The maximum Gasteiger partial charge on any atom is 0.0174 e. The van der Waals surface area contributed by atoms with Crippen LogP contribution in [0.3, 0.4) is 0 Å². The molecule has 0 saturated heterocycles. The third kappa shape index (κ3) is 5.12. The van der Waals surface area contributed by atoms with Gasteiger partial charge in [-0.2, -0.15) is 3.71 Å². The monoisotopic (exact) mass is 165 g/mol. The minimum Gasteiger partial charge on any atom is -0.195 e. The summed E-state index contributed by atoms with van der Waals surface area (Å²) in [5, 5.41) is 0. The van der Waals surface area contributed by atoms with Crippen LogP contribution < -0.4 is 0 Å². The van der Waals surface area contributed by atoms with Gasteiger partial charge in [-0.25, -0.2) is 0 Å². The van der Waals surface area contributed by atoms with Crippen molar-refractivity contribution in [3.8, 4) is 0 Å². The van der Waals surface area contributed by atoms with Crippen molar-refractivity contribution in [3.05, 3.63) is 0 Å². The van der Waals surface area contributed by atoms with Gasteiger partial charge >= 0.3 is 0 Å². The summed E-state index contributed by atoms with van der Waals surface area (Å²) in [5.74, 6) is 2.36. The van der Waals surface area contributed by atoms with Crippen molar-refractivity contribution in [1.29, 1.82) is 0 Å². The molecule has 0 fully saturated rings. The highest BCUT2D eigenvalue weighted by molar-refractivity contribution is 8.11. The maximum absolute atomic E-state index is 2.32. The van der Waals surface area contributed by atoms with Crippen LogP contribution in [0.2, 0.25) is 0 Å². The highest BCUT2D eigenvalue weighted by Gasteiger charge is 1.97. The highest BCUT2D eigenvalue weighted by Crippen LogP contribution is 2.19. The van der Waals surface area contributed by atoms with Crippen LogP contribution in [-0.4, -0.2) is 21.8 Å². The SMILES string of the molecule is CCSN(CC)SCC. The molecular weight excluding hydrogens is 150 g/mol. The minimum absolute atomic E-state index is 1.14. The van der Waals surface area contributed by atoms with Gasteiger partial charge < -0.3 is 0 Å². The molecule has 0 aromatic carbocycles. The molecular formula is C6H15NS2. The van der Waals surface area contributed by atoms with Crippen molar-refractivity contribution in [3.63, 3.8) is 0 Å². The summed E-state index contributed by atoms with van der Waals surface area (Å²) < 4.78 is 2.32. The van der Waals surface area contributed by atoms with Gasteiger partial charge in [-0.1, -0.05) is 44.7 Å². The van der Waals surface area contributed by atoms with Gasteiger partial charge in [-0.3, -0.25) is 0 Å². The first-order valence-electron chi connectivity index (χ1n) is 3.38. The molecule has 9 heavy (non-hydrogen) atoms. The van der Waals surface area contributed by atoms with Crippen molar-refractivity contribution in [2.45, 2.75) is 20.8 Å². The van der Waals surface area contributed by atoms with E-state index < -0.39 is 0 Å². The van der Waals surface area contributed by atoms with Crippen molar-refractivity contribution >= 4 is 23.9 Å². The molecule has 0 N–H and O–H groups in total. The van der Waals surface area contributed by atoms with Crippen LogP contribution >= 0.6 is 23.9 Å². The van der Waals surface area contributed by atoms with E-state index in [0.29, 0.717) is 0 Å². The molecule has 1 nitrogen and oxygen atoms in total. The van der Waals surface area contributed by atoms with Gasteiger partial charge in [0.25, 0.3) is 0 Å². The second-order valence-corrected chi connectivity index (χ2v) is 4.27. The first-order chi connectivity index (χ1) is 4.35. The van der Waals surface area contributed by atoms with Crippen LogP contribution in [0.25, 0.3) is 0 Å². The van der Waals surface area contributed by atoms with E-state index in [4.69, 9.17) is 0 Å². The van der Waals surface area contributed by atoms with Crippen LogP contribution in [0.15, 0.2) is 0 Å². The lowest BCUT2D eigenvalue weighted by Gasteiger charge is -2.14. The van der Waals surface area contributed by atoms with E-state index in [1.807, 2.05) is 23.9 Å². The summed E-state index contributed by atoms with van der Waals surface area (Å²) in [4.78, 5) is 0. The van der Waals surface area contributed by atoms with E-state index in [9.17, 15) is 0 Å². The number of hydrogen-bond donors (Lipinski definition) is 0. The van der Waals surface area contributed by atoms with Gasteiger partial charge in [-0.15, -0.1) is 0 Å². The largest absolute Gasteiger partial charge is 0.195 e. The van der Waals surface area contributed by atoms with E-state index in [-0.39, 0.29) is 0 Å². The Hall–Kier alpha value is 0.660. The van der Waals surface area contributed by atoms with E-state index in [1.54, 1.807) is 0 Å². The van der Waals surface area contributed by atoms with Crippen molar-refractivity contribution in [2.24, 2.45) is 0 Å². The fourth-order valence-corrected chi connectivity index (χ4v) is 2.38. The first kappa shape index (κ1) is 9.66. The molecule has 0 rings (SSSR count). The molecule has 0 spiro atoms. The van der Waals surface area contributed by atoms with Crippen LogP contribution in [0, 0.1) is 0 Å². The fourth-order valence-electron chi connectivity index (χ4n) is 0.508. The quantitative estimate of drug-likeness (QED) is 0.577. The Labute approximate surface area is 66.8 Å². The molecule has 0 aromatic rings. The molecule has 0 heterocycles. The lowest BCUT2D eigenvalue weighted by molar-refractivity contribution is 0.788. The molecule has 0 aromatic heterocycles. The van der Waals surface area contributed by atoms with Gasteiger partial charge in [0.05, 0.1) is 0 Å². The summed E-state index contributed by atoms with van der Waals surface area (Å²) in [6, 6.07) is 0. The molecule has 0 aliphatic carbocycles. The summed E-state index contributed by atoms with van der Waals surface area (Å²) in [6.45, 7) is 7.69. The standard InChI is InChI=1S/C6H15NS2/c1-4-7(8-5-2)9-6-3/h4-6H2,1-3H3. The Morgan fingerprint density at radius 3 is 1.67 bits per heavy atom. The molecule has 0 aliphatic rings. The van der Waals surface area contributed by atoms with Crippen LogP contribution in [0.5, 0.6) is 0 Å². The number of hydrogen-bond acceptors (Lipinski definition) is 3. The zero-order valence-corrected chi connectivity index (χ0v) is 8.02. The van der Waals surface area contributed by atoms with Gasteiger partial charge in [0, 0.05) is 18.1 Å². The zero-order chi connectivity index (χ0) is 7.11. The van der Waals surface area contributed by atoms with Crippen LogP contribution in [0.4, 0.5) is 0 Å². The predicted octanol–water partition coefficient (Wildman–Crippen LogP) is 2.64. The van der Waals surface area contributed by atoms with Gasteiger partial charge in [0.2, 0.25) is 0 Å². The van der Waals surface area contributed by atoms with Crippen LogP contribution in [0.1, 0.15) is 20.8 Å². The van der Waals surface area contributed by atoms with Crippen molar-refractivity contribution in [1.82, 2.24) is 3.71 Å². The maximum atomic E-state index is 2.32. The molecule has 56 valence electrons. The van der Waals surface area contributed by atoms with Crippen molar-refractivity contribution < 1.29 is 0 Å².